The van der Waals surface area contributed by atoms with Crippen LogP contribution >= 0.6 is 11.6 Å². The first-order valence-corrected chi connectivity index (χ1v) is 8.28. The third-order valence-electron chi connectivity index (χ3n) is 4.18. The van der Waals surface area contributed by atoms with E-state index in [1.165, 1.54) is 0 Å². The second-order valence-electron chi connectivity index (χ2n) is 5.64. The Morgan fingerprint density at radius 3 is 2.48 bits per heavy atom. The zero-order valence-electron chi connectivity index (χ0n) is 14.4. The van der Waals surface area contributed by atoms with Crippen LogP contribution in [0.3, 0.4) is 0 Å². The van der Waals surface area contributed by atoms with E-state index in [2.05, 4.69) is 15.5 Å². The number of hydrogen-bond acceptors (Lipinski definition) is 3. The first-order chi connectivity index (χ1) is 10.9. The Hall–Kier alpha value is -1.82. The fraction of sp³-hybridized carbons (Fsp3) is 0.562. The minimum Gasteiger partial charge on any atom is -0.350 e. The summed E-state index contributed by atoms with van der Waals surface area (Å²) in [6, 6.07) is -0.359. The predicted molar refractivity (Wildman–Crippen MR) is 90.5 cm³/mol. The molecule has 0 fully saturated rings. The van der Waals surface area contributed by atoms with Gasteiger partial charge in [-0.3, -0.25) is 14.2 Å². The first kappa shape index (κ1) is 17.5. The molecule has 0 aliphatic heterocycles. The molecule has 7 heteroatoms. The smallest absolute Gasteiger partial charge is 0.245 e. The van der Waals surface area contributed by atoms with Gasteiger partial charge in [-0.15, -0.1) is 0 Å². The maximum atomic E-state index is 12.6. The van der Waals surface area contributed by atoms with E-state index >= 15 is 0 Å². The minimum absolute atomic E-state index is 0.0570. The van der Waals surface area contributed by atoms with E-state index in [9.17, 15) is 4.79 Å². The van der Waals surface area contributed by atoms with Gasteiger partial charge < -0.3 is 5.32 Å². The molecule has 0 bridgehead atoms. The maximum Gasteiger partial charge on any atom is 0.245 e. The van der Waals surface area contributed by atoms with Gasteiger partial charge >= 0.3 is 0 Å². The zero-order valence-corrected chi connectivity index (χ0v) is 15.1. The molecule has 1 amide bonds. The lowest BCUT2D eigenvalue weighted by atomic mass is 10.2. The molecule has 2 aromatic rings. The van der Waals surface area contributed by atoms with Gasteiger partial charge in [0.15, 0.2) is 0 Å². The van der Waals surface area contributed by atoms with Crippen LogP contribution in [0.1, 0.15) is 49.0 Å². The highest BCUT2D eigenvalue weighted by Crippen LogP contribution is 2.23. The van der Waals surface area contributed by atoms with Crippen LogP contribution in [0.5, 0.6) is 0 Å². The summed E-state index contributed by atoms with van der Waals surface area (Å²) in [7, 11) is 0. The molecule has 0 radical (unpaired) electrons. The van der Waals surface area contributed by atoms with Crippen molar-refractivity contribution < 1.29 is 4.79 Å². The molecular formula is C16H24ClN5O. The highest BCUT2D eigenvalue weighted by Gasteiger charge is 2.23. The Bertz CT molecular complexity index is 704. The molecule has 2 aromatic heterocycles. The largest absolute Gasteiger partial charge is 0.350 e. The number of aryl methyl sites for hydroxylation is 2. The lowest BCUT2D eigenvalue weighted by Gasteiger charge is -2.17. The molecule has 1 atom stereocenters. The Labute approximate surface area is 141 Å². The molecule has 0 saturated heterocycles. The molecule has 126 valence electrons. The van der Waals surface area contributed by atoms with E-state index < -0.39 is 0 Å². The van der Waals surface area contributed by atoms with Gasteiger partial charge in [0.05, 0.1) is 22.6 Å². The summed E-state index contributed by atoms with van der Waals surface area (Å²) in [6.07, 6.45) is 2.46. The third-order valence-corrected chi connectivity index (χ3v) is 4.73. The average molecular weight is 338 g/mol. The monoisotopic (exact) mass is 337 g/mol. The van der Waals surface area contributed by atoms with Crippen molar-refractivity contribution in [2.45, 2.75) is 60.2 Å². The van der Waals surface area contributed by atoms with E-state index in [1.54, 1.807) is 10.9 Å². The van der Waals surface area contributed by atoms with Crippen molar-refractivity contribution in [1.29, 1.82) is 0 Å². The zero-order chi connectivity index (χ0) is 17.1. The molecule has 0 aromatic carbocycles. The topological polar surface area (TPSA) is 64.7 Å². The second-order valence-corrected chi connectivity index (χ2v) is 6.02. The molecule has 23 heavy (non-hydrogen) atoms. The van der Waals surface area contributed by atoms with E-state index in [0.717, 1.165) is 29.2 Å². The van der Waals surface area contributed by atoms with Crippen LogP contribution in [0, 0.1) is 20.8 Å². The fourth-order valence-corrected chi connectivity index (χ4v) is 2.82. The number of carbonyl (C=O) groups excluding carboxylic acids is 1. The van der Waals surface area contributed by atoms with E-state index in [-0.39, 0.29) is 11.9 Å². The number of hydrogen-bond donors (Lipinski definition) is 1. The average Bonchev–Trinajstić information content (AvgIpc) is 3.01. The third kappa shape index (κ3) is 3.42. The van der Waals surface area contributed by atoms with Crippen LogP contribution in [0.15, 0.2) is 6.20 Å². The molecule has 0 aliphatic carbocycles. The van der Waals surface area contributed by atoms with Gasteiger partial charge in [-0.05, 0) is 34.1 Å². The van der Waals surface area contributed by atoms with Gasteiger partial charge in [-0.1, -0.05) is 18.5 Å². The SMILES string of the molecule is CCC(C(=O)NCc1cnn(CC)c1C)n1nc(C)c(Cl)c1C. The molecule has 0 aliphatic rings. The summed E-state index contributed by atoms with van der Waals surface area (Å²) >= 11 is 6.19. The number of nitrogens with zero attached hydrogens (tertiary/aromatic N) is 4. The van der Waals surface area contributed by atoms with Crippen molar-refractivity contribution in [3.05, 3.63) is 33.9 Å². The van der Waals surface area contributed by atoms with Gasteiger partial charge in [0.2, 0.25) is 5.91 Å². The summed E-state index contributed by atoms with van der Waals surface area (Å²) in [5.74, 6) is -0.0570. The van der Waals surface area contributed by atoms with Gasteiger partial charge in [0.1, 0.15) is 6.04 Å². The summed E-state index contributed by atoms with van der Waals surface area (Å²) in [6.45, 7) is 11.0. The van der Waals surface area contributed by atoms with Gasteiger partial charge in [0.25, 0.3) is 0 Å². The summed E-state index contributed by atoms with van der Waals surface area (Å²) < 4.78 is 3.63. The van der Waals surface area contributed by atoms with Crippen LogP contribution < -0.4 is 5.32 Å². The van der Waals surface area contributed by atoms with Crippen molar-refractivity contribution >= 4 is 17.5 Å². The van der Waals surface area contributed by atoms with Crippen LogP contribution in [-0.2, 0) is 17.9 Å². The highest BCUT2D eigenvalue weighted by molar-refractivity contribution is 6.31. The quantitative estimate of drug-likeness (QED) is 0.881. The van der Waals surface area contributed by atoms with Crippen LogP contribution in [-0.4, -0.2) is 25.5 Å². The van der Waals surface area contributed by atoms with E-state index in [1.807, 2.05) is 39.3 Å². The Balaban J connectivity index is 2.11. The number of carbonyl (C=O) groups is 1. The second kappa shape index (κ2) is 7.17. The number of halogens is 1. The predicted octanol–water partition coefficient (Wildman–Crippen LogP) is 2.95. The number of rotatable bonds is 6. The minimum atomic E-state index is -0.359. The molecular weight excluding hydrogens is 314 g/mol. The molecule has 0 spiro atoms. The lowest BCUT2D eigenvalue weighted by molar-refractivity contribution is -0.124. The number of nitrogens with one attached hydrogen (secondary N) is 1. The lowest BCUT2D eigenvalue weighted by Crippen LogP contribution is -2.33. The van der Waals surface area contributed by atoms with Crippen molar-refractivity contribution in [2.75, 3.05) is 0 Å². The van der Waals surface area contributed by atoms with Crippen molar-refractivity contribution in [2.24, 2.45) is 0 Å². The van der Waals surface area contributed by atoms with Crippen LogP contribution in [0.2, 0.25) is 5.02 Å². The Kier molecular flexibility index (Phi) is 5.46. The first-order valence-electron chi connectivity index (χ1n) is 7.90. The molecule has 1 N–H and O–H groups in total. The van der Waals surface area contributed by atoms with Crippen molar-refractivity contribution in [3.63, 3.8) is 0 Å². The summed E-state index contributed by atoms with van der Waals surface area (Å²) in [5.41, 5.74) is 3.67. The van der Waals surface area contributed by atoms with E-state index in [0.29, 0.717) is 18.0 Å². The van der Waals surface area contributed by atoms with Crippen LogP contribution in [0.25, 0.3) is 0 Å². The van der Waals surface area contributed by atoms with Gasteiger partial charge in [-0.25, -0.2) is 0 Å². The fourth-order valence-electron chi connectivity index (χ4n) is 2.69. The highest BCUT2D eigenvalue weighted by atomic mass is 35.5. The van der Waals surface area contributed by atoms with Gasteiger partial charge in [0, 0.05) is 24.3 Å². The Morgan fingerprint density at radius 2 is 2.00 bits per heavy atom. The van der Waals surface area contributed by atoms with Crippen molar-refractivity contribution in [3.8, 4) is 0 Å². The molecule has 0 saturated carbocycles. The van der Waals surface area contributed by atoms with Crippen molar-refractivity contribution in [1.82, 2.24) is 24.9 Å². The van der Waals surface area contributed by atoms with E-state index in [4.69, 9.17) is 11.6 Å². The number of aromatic nitrogens is 4. The maximum absolute atomic E-state index is 12.6. The standard InChI is InChI=1S/C16H24ClN5O/c1-6-14(22-12(5)15(17)10(3)20-22)16(23)18-8-13-9-19-21(7-2)11(13)4/h9,14H,6-8H2,1-5H3,(H,18,23). The van der Waals surface area contributed by atoms with Crippen LogP contribution in [0.4, 0.5) is 0 Å². The Morgan fingerprint density at radius 1 is 1.30 bits per heavy atom. The summed E-state index contributed by atoms with van der Waals surface area (Å²) in [5, 5.41) is 12.3. The molecule has 1 unspecified atom stereocenters. The molecule has 2 rings (SSSR count). The molecule has 6 nitrogen and oxygen atoms in total. The normalized spacial score (nSPS) is 12.4. The number of amides is 1. The summed E-state index contributed by atoms with van der Waals surface area (Å²) in [4.78, 5) is 12.6. The van der Waals surface area contributed by atoms with Gasteiger partial charge in [-0.2, -0.15) is 10.2 Å². The molecule has 2 heterocycles.